The maximum absolute atomic E-state index is 12.7. The molecule has 1 aliphatic heterocycles. The number of hydrogen-bond donors (Lipinski definition) is 1. The van der Waals surface area contributed by atoms with Crippen molar-refractivity contribution in [3.63, 3.8) is 0 Å². The molecule has 2 aromatic rings. The molecule has 3 rings (SSSR count). The van der Waals surface area contributed by atoms with Crippen molar-refractivity contribution in [2.75, 3.05) is 20.3 Å². The highest BCUT2D eigenvalue weighted by molar-refractivity contribution is 7.80. The van der Waals surface area contributed by atoms with Gasteiger partial charge in [0.15, 0.2) is 11.0 Å². The lowest BCUT2D eigenvalue weighted by Gasteiger charge is -2.30. The normalized spacial score (nSPS) is 16.8. The summed E-state index contributed by atoms with van der Waals surface area (Å²) in [7, 11) is 1.53. The van der Waals surface area contributed by atoms with E-state index in [1.807, 2.05) is 60.7 Å². The van der Waals surface area contributed by atoms with E-state index in [0.29, 0.717) is 12.3 Å². The van der Waals surface area contributed by atoms with Gasteiger partial charge in [-0.2, -0.15) is 10.2 Å². The number of rotatable bonds is 7. The van der Waals surface area contributed by atoms with Gasteiger partial charge in [-0.05, 0) is 12.2 Å². The van der Waals surface area contributed by atoms with E-state index in [-0.39, 0.29) is 11.7 Å². The number of hydrogen-bond acceptors (Lipinski definition) is 6. The Kier molecular flexibility index (Phi) is 6.94. The molecule has 1 heterocycles. The third-order valence-corrected chi connectivity index (χ3v) is 4.60. The third kappa shape index (κ3) is 4.98. The van der Waals surface area contributed by atoms with Crippen molar-refractivity contribution in [2.45, 2.75) is 0 Å². The van der Waals surface area contributed by atoms with Crippen LogP contribution in [0.1, 0.15) is 11.1 Å². The molecule has 0 spiro atoms. The number of nitrogens with zero attached hydrogens (tertiary/aromatic N) is 3. The van der Waals surface area contributed by atoms with Crippen LogP contribution in [0.5, 0.6) is 0 Å². The zero-order valence-corrected chi connectivity index (χ0v) is 16.6. The maximum Gasteiger partial charge on any atom is 0.246 e. The summed E-state index contributed by atoms with van der Waals surface area (Å²) in [6.45, 7) is 0.553. The molecule has 0 bridgehead atoms. The molecule has 0 unspecified atom stereocenters. The molecule has 148 valence electrons. The minimum atomic E-state index is -1.10. The Morgan fingerprint density at radius 2 is 1.69 bits per heavy atom. The lowest BCUT2D eigenvalue weighted by molar-refractivity contribution is -0.138. The average Bonchev–Trinajstić information content (AvgIpc) is 2.74. The largest absolute Gasteiger partial charge is 0.383 e. The minimum absolute atomic E-state index is 0.0689. The fourth-order valence-corrected chi connectivity index (χ4v) is 3.07. The highest BCUT2D eigenvalue weighted by atomic mass is 32.1. The number of carbonyl (C=O) groups is 2. The van der Waals surface area contributed by atoms with Crippen molar-refractivity contribution < 1.29 is 14.3 Å². The van der Waals surface area contributed by atoms with E-state index in [0.717, 1.165) is 11.1 Å². The number of carbonyl (C=O) groups excluding carboxylic acids is 2. The van der Waals surface area contributed by atoms with Gasteiger partial charge in [0.2, 0.25) is 11.8 Å². The van der Waals surface area contributed by atoms with Gasteiger partial charge in [-0.15, -0.1) is 0 Å². The van der Waals surface area contributed by atoms with Gasteiger partial charge in [-0.1, -0.05) is 60.7 Å². The van der Waals surface area contributed by atoms with Crippen molar-refractivity contribution in [3.05, 3.63) is 71.8 Å². The quantitative estimate of drug-likeness (QED) is 0.329. The first kappa shape index (κ1) is 20.5. The van der Waals surface area contributed by atoms with Gasteiger partial charge in [-0.25, -0.2) is 0 Å². The highest BCUT2D eigenvalue weighted by Crippen LogP contribution is 2.12. The SMILES string of the molecule is COCCN1C(=O)[C@H](/C=N\N=C(c2ccccc2)c2ccccc2)C(=O)NC1=S. The van der Waals surface area contributed by atoms with Gasteiger partial charge >= 0.3 is 0 Å². The molecular formula is C21H20N4O3S. The molecule has 2 aromatic carbocycles. The summed E-state index contributed by atoms with van der Waals surface area (Å²) >= 11 is 5.08. The van der Waals surface area contributed by atoms with Crippen LogP contribution in [0.3, 0.4) is 0 Å². The molecule has 1 fully saturated rings. The molecule has 1 N–H and O–H groups in total. The van der Waals surface area contributed by atoms with Gasteiger partial charge in [0.05, 0.1) is 13.2 Å². The first-order chi connectivity index (χ1) is 14.1. The van der Waals surface area contributed by atoms with E-state index in [2.05, 4.69) is 15.5 Å². The van der Waals surface area contributed by atoms with Crippen molar-refractivity contribution >= 4 is 41.1 Å². The van der Waals surface area contributed by atoms with Gasteiger partial charge in [0.25, 0.3) is 0 Å². The zero-order valence-electron chi connectivity index (χ0n) is 15.8. The van der Waals surface area contributed by atoms with Gasteiger partial charge in [0.1, 0.15) is 5.71 Å². The van der Waals surface area contributed by atoms with E-state index in [9.17, 15) is 9.59 Å². The molecule has 2 amide bonds. The topological polar surface area (TPSA) is 83.4 Å². The molecule has 29 heavy (non-hydrogen) atoms. The first-order valence-corrected chi connectivity index (χ1v) is 9.39. The maximum atomic E-state index is 12.7. The van der Waals surface area contributed by atoms with Crippen molar-refractivity contribution in [2.24, 2.45) is 16.1 Å². The Morgan fingerprint density at radius 3 is 2.24 bits per heavy atom. The Labute approximate surface area is 174 Å². The van der Waals surface area contributed by atoms with Crippen molar-refractivity contribution in [1.82, 2.24) is 10.2 Å². The number of thiocarbonyl (C=S) groups is 1. The zero-order chi connectivity index (χ0) is 20.6. The van der Waals surface area contributed by atoms with Crippen LogP contribution < -0.4 is 5.32 Å². The van der Waals surface area contributed by atoms with Crippen LogP contribution >= 0.6 is 12.2 Å². The van der Waals surface area contributed by atoms with Crippen LogP contribution in [-0.2, 0) is 14.3 Å². The van der Waals surface area contributed by atoms with Gasteiger partial charge in [-0.3, -0.25) is 14.5 Å². The summed E-state index contributed by atoms with van der Waals surface area (Å²) in [4.78, 5) is 26.2. The predicted molar refractivity (Wildman–Crippen MR) is 115 cm³/mol. The highest BCUT2D eigenvalue weighted by Gasteiger charge is 2.37. The summed E-state index contributed by atoms with van der Waals surface area (Å²) in [5.41, 5.74) is 2.38. The van der Waals surface area contributed by atoms with Crippen LogP contribution in [0.2, 0.25) is 0 Å². The van der Waals surface area contributed by atoms with E-state index in [4.69, 9.17) is 17.0 Å². The average molecular weight is 408 g/mol. The number of nitrogens with one attached hydrogen (secondary N) is 1. The molecule has 1 aliphatic rings. The molecule has 0 saturated carbocycles. The second kappa shape index (κ2) is 9.81. The third-order valence-electron chi connectivity index (χ3n) is 4.28. The molecule has 1 atom stereocenters. The Morgan fingerprint density at radius 1 is 1.10 bits per heavy atom. The Balaban J connectivity index is 1.87. The lowest BCUT2D eigenvalue weighted by Crippen LogP contribution is -2.58. The fourth-order valence-electron chi connectivity index (χ4n) is 2.79. The number of ether oxygens (including phenoxy) is 1. The number of methoxy groups -OCH3 is 1. The van der Waals surface area contributed by atoms with Gasteiger partial charge in [0, 0.05) is 24.5 Å². The van der Waals surface area contributed by atoms with Crippen molar-refractivity contribution in [1.29, 1.82) is 0 Å². The smallest absolute Gasteiger partial charge is 0.246 e. The Bertz CT molecular complexity index is 903. The minimum Gasteiger partial charge on any atom is -0.383 e. The molecule has 0 aliphatic carbocycles. The first-order valence-electron chi connectivity index (χ1n) is 8.99. The van der Waals surface area contributed by atoms with Gasteiger partial charge < -0.3 is 10.1 Å². The van der Waals surface area contributed by atoms with Crippen LogP contribution in [0.15, 0.2) is 70.9 Å². The second-order valence-electron chi connectivity index (χ2n) is 6.20. The fraction of sp³-hybridized carbons (Fsp3) is 0.190. The molecular weight excluding hydrogens is 388 g/mol. The number of amides is 2. The van der Waals surface area contributed by atoms with E-state index in [1.54, 1.807) is 0 Å². The van der Waals surface area contributed by atoms with Crippen molar-refractivity contribution in [3.8, 4) is 0 Å². The van der Waals surface area contributed by atoms with Crippen LogP contribution in [0.25, 0.3) is 0 Å². The van der Waals surface area contributed by atoms with Crippen LogP contribution in [-0.4, -0.2) is 54.0 Å². The molecule has 0 radical (unpaired) electrons. The standard InChI is InChI=1S/C21H20N4O3S/c1-28-13-12-25-20(27)17(19(26)23-21(25)29)14-22-24-18(15-8-4-2-5-9-15)16-10-6-3-7-11-16/h2-11,14,17H,12-13H2,1H3,(H,23,26,29)/b22-14-/t17-/m1/s1. The molecule has 7 nitrogen and oxygen atoms in total. The monoisotopic (exact) mass is 408 g/mol. The van der Waals surface area contributed by atoms with E-state index >= 15 is 0 Å². The summed E-state index contributed by atoms with van der Waals surface area (Å²) in [5, 5.41) is 11.0. The van der Waals surface area contributed by atoms with E-state index in [1.165, 1.54) is 18.2 Å². The summed E-state index contributed by atoms with van der Waals surface area (Å²) < 4.78 is 4.99. The number of benzene rings is 2. The summed E-state index contributed by atoms with van der Waals surface area (Å²) in [6.07, 6.45) is 1.24. The molecule has 0 aromatic heterocycles. The second-order valence-corrected chi connectivity index (χ2v) is 6.59. The van der Waals surface area contributed by atoms with E-state index < -0.39 is 17.7 Å². The summed E-state index contributed by atoms with van der Waals surface area (Å²) in [5.74, 6) is -2.07. The molecule has 1 saturated heterocycles. The Hall–Kier alpha value is -3.23. The predicted octanol–water partition coefficient (Wildman–Crippen LogP) is 2.02. The lowest BCUT2D eigenvalue weighted by atomic mass is 10.0. The van der Waals surface area contributed by atoms with Crippen LogP contribution in [0, 0.1) is 5.92 Å². The summed E-state index contributed by atoms with van der Waals surface area (Å²) in [6, 6.07) is 19.1. The molecule has 8 heteroatoms. The van der Waals surface area contributed by atoms with Crippen LogP contribution in [0.4, 0.5) is 0 Å².